The normalized spacial score (nSPS) is 17.2. The maximum Gasteiger partial charge on any atom is 0.244 e. The first-order valence-electron chi connectivity index (χ1n) is 11.2. The van der Waals surface area contributed by atoms with Crippen LogP contribution in [-0.2, 0) is 32.5 Å². The molecule has 1 N–H and O–H groups in total. The Morgan fingerprint density at radius 3 is 2.41 bits per heavy atom. The molecule has 4 rings (SSSR count). The highest BCUT2D eigenvalue weighted by molar-refractivity contribution is 7.89. The molecule has 0 spiro atoms. The largest absolute Gasteiger partial charge is 0.325 e. The van der Waals surface area contributed by atoms with Gasteiger partial charge in [0.1, 0.15) is 6.54 Å². The number of fused-ring (bicyclic) bond motifs is 1. The predicted molar refractivity (Wildman–Crippen MR) is 124 cm³/mol. The number of carbonyl (C=O) groups is 2. The van der Waals surface area contributed by atoms with Crippen molar-refractivity contribution in [3.63, 3.8) is 0 Å². The van der Waals surface area contributed by atoms with Crippen molar-refractivity contribution in [3.8, 4) is 0 Å². The monoisotopic (exact) mass is 455 g/mol. The second kappa shape index (κ2) is 9.42. The average Bonchev–Trinajstić information content (AvgIpc) is 3.29. The molecule has 1 saturated heterocycles. The van der Waals surface area contributed by atoms with Gasteiger partial charge >= 0.3 is 0 Å². The molecule has 8 heteroatoms. The molecule has 2 aromatic rings. The number of nitrogens with zero attached hydrogens (tertiary/aromatic N) is 2. The third-order valence-electron chi connectivity index (χ3n) is 6.13. The van der Waals surface area contributed by atoms with Gasteiger partial charge in [-0.05, 0) is 73.6 Å². The van der Waals surface area contributed by atoms with E-state index in [9.17, 15) is 18.0 Å². The average molecular weight is 456 g/mol. The zero-order chi connectivity index (χ0) is 22.7. The number of aryl methyl sites for hydroxylation is 2. The van der Waals surface area contributed by atoms with E-state index in [1.165, 1.54) is 14.8 Å². The Balaban J connectivity index is 1.55. The summed E-state index contributed by atoms with van der Waals surface area (Å²) < 4.78 is 27.4. The predicted octanol–water partition coefficient (Wildman–Crippen LogP) is 3.34. The first-order chi connectivity index (χ1) is 15.4. The molecule has 170 valence electrons. The number of rotatable bonds is 6. The molecule has 32 heavy (non-hydrogen) atoms. The van der Waals surface area contributed by atoms with Crippen LogP contribution >= 0.6 is 0 Å². The van der Waals surface area contributed by atoms with Gasteiger partial charge in [0.15, 0.2) is 0 Å². The lowest BCUT2D eigenvalue weighted by molar-refractivity contribution is -0.121. The van der Waals surface area contributed by atoms with Crippen molar-refractivity contribution >= 4 is 33.2 Å². The number of hydrogen-bond donors (Lipinski definition) is 1. The number of benzene rings is 2. The molecule has 0 bridgehead atoms. The van der Waals surface area contributed by atoms with Crippen molar-refractivity contribution < 1.29 is 18.0 Å². The van der Waals surface area contributed by atoms with Gasteiger partial charge in [0.2, 0.25) is 21.8 Å². The zero-order valence-electron chi connectivity index (χ0n) is 18.3. The molecule has 0 atom stereocenters. The third-order valence-corrected chi connectivity index (χ3v) is 8.02. The molecule has 2 aliphatic heterocycles. The Labute approximate surface area is 189 Å². The van der Waals surface area contributed by atoms with Crippen molar-refractivity contribution in [2.24, 2.45) is 0 Å². The summed E-state index contributed by atoms with van der Waals surface area (Å²) in [4.78, 5) is 27.2. The van der Waals surface area contributed by atoms with E-state index in [1.54, 1.807) is 18.2 Å². The van der Waals surface area contributed by atoms with Gasteiger partial charge in [0, 0.05) is 30.9 Å². The van der Waals surface area contributed by atoms with Crippen LogP contribution in [0.2, 0.25) is 0 Å². The summed E-state index contributed by atoms with van der Waals surface area (Å²) in [6, 6.07) is 12.5. The van der Waals surface area contributed by atoms with Crippen LogP contribution in [0, 0.1) is 0 Å². The summed E-state index contributed by atoms with van der Waals surface area (Å²) in [5.74, 6) is -0.417. The van der Waals surface area contributed by atoms with Crippen LogP contribution in [0.5, 0.6) is 0 Å². The van der Waals surface area contributed by atoms with E-state index in [1.807, 2.05) is 24.3 Å². The van der Waals surface area contributed by atoms with Gasteiger partial charge in [-0.3, -0.25) is 9.59 Å². The molecule has 2 amide bonds. The van der Waals surface area contributed by atoms with Crippen LogP contribution in [0.15, 0.2) is 47.4 Å². The van der Waals surface area contributed by atoms with E-state index >= 15 is 0 Å². The quantitative estimate of drug-likeness (QED) is 0.724. The van der Waals surface area contributed by atoms with Crippen LogP contribution < -0.4 is 10.2 Å². The van der Waals surface area contributed by atoms with E-state index in [-0.39, 0.29) is 23.3 Å². The summed E-state index contributed by atoms with van der Waals surface area (Å²) in [5.41, 5.74) is 3.27. The topological polar surface area (TPSA) is 86.8 Å². The zero-order valence-corrected chi connectivity index (χ0v) is 19.2. The lowest BCUT2D eigenvalue weighted by Gasteiger charge is -2.23. The summed E-state index contributed by atoms with van der Waals surface area (Å²) in [7, 11) is -3.53. The van der Waals surface area contributed by atoms with Gasteiger partial charge in [-0.25, -0.2) is 8.42 Å². The Morgan fingerprint density at radius 2 is 1.72 bits per heavy atom. The molecule has 0 aromatic heterocycles. The number of carbonyl (C=O) groups excluding carboxylic acids is 2. The van der Waals surface area contributed by atoms with Crippen LogP contribution in [0.3, 0.4) is 0 Å². The molecule has 1 fully saturated rings. The Hall–Kier alpha value is -2.71. The molecule has 2 aliphatic rings. The van der Waals surface area contributed by atoms with Crippen molar-refractivity contribution in [3.05, 3.63) is 53.6 Å². The summed E-state index contributed by atoms with van der Waals surface area (Å²) >= 11 is 0. The van der Waals surface area contributed by atoms with Crippen molar-refractivity contribution in [1.82, 2.24) is 4.31 Å². The molecular formula is C24H29N3O4S. The van der Waals surface area contributed by atoms with Gasteiger partial charge in [-0.2, -0.15) is 4.31 Å². The second-order valence-corrected chi connectivity index (χ2v) is 10.3. The van der Waals surface area contributed by atoms with Crippen LogP contribution in [0.4, 0.5) is 11.4 Å². The number of sulfonamides is 1. The lowest BCUT2D eigenvalue weighted by atomic mass is 10.1. The van der Waals surface area contributed by atoms with E-state index < -0.39 is 10.0 Å². The van der Waals surface area contributed by atoms with Gasteiger partial charge in [0.25, 0.3) is 0 Å². The summed E-state index contributed by atoms with van der Waals surface area (Å²) in [5, 5.41) is 2.85. The molecular weight excluding hydrogens is 426 g/mol. The van der Waals surface area contributed by atoms with Crippen molar-refractivity contribution in [1.29, 1.82) is 0 Å². The van der Waals surface area contributed by atoms with Gasteiger partial charge in [0.05, 0.1) is 4.90 Å². The number of amides is 2. The Morgan fingerprint density at radius 1 is 1.00 bits per heavy atom. The van der Waals surface area contributed by atoms with Crippen LogP contribution in [0.1, 0.15) is 43.7 Å². The maximum atomic E-state index is 13.0. The van der Waals surface area contributed by atoms with Crippen LogP contribution in [-0.4, -0.2) is 44.2 Å². The highest BCUT2D eigenvalue weighted by atomic mass is 32.2. The highest BCUT2D eigenvalue weighted by Gasteiger charge is 2.30. The minimum atomic E-state index is -3.53. The number of anilines is 2. The molecule has 0 unspecified atom stereocenters. The second-order valence-electron chi connectivity index (χ2n) is 8.33. The standard InChI is InChI=1S/C24H29N3O4S/c1-2-18-8-10-20(11-9-18)25-23(28)17-27-22-13-12-21(16-19(22)6-5-7-24(27)29)32(30,31)26-14-3-4-15-26/h8-13,16H,2-7,14-15,17H2,1H3,(H,25,28). The van der Waals surface area contributed by atoms with E-state index in [0.29, 0.717) is 43.7 Å². The van der Waals surface area contributed by atoms with Crippen molar-refractivity contribution in [2.75, 3.05) is 29.9 Å². The minimum Gasteiger partial charge on any atom is -0.325 e. The fourth-order valence-electron chi connectivity index (χ4n) is 4.30. The fraction of sp³-hybridized carbons (Fsp3) is 0.417. The first-order valence-corrected chi connectivity index (χ1v) is 12.6. The third kappa shape index (κ3) is 4.71. The SMILES string of the molecule is CCc1ccc(NC(=O)CN2C(=O)CCCc3cc(S(=O)(=O)N4CCCC4)ccc32)cc1. The summed E-state index contributed by atoms with van der Waals surface area (Å²) in [6.07, 6.45) is 4.21. The van der Waals surface area contributed by atoms with Crippen LogP contribution in [0.25, 0.3) is 0 Å². The molecule has 0 radical (unpaired) electrons. The Kier molecular flexibility index (Phi) is 6.62. The highest BCUT2D eigenvalue weighted by Crippen LogP contribution is 2.31. The van der Waals surface area contributed by atoms with Crippen molar-refractivity contribution in [2.45, 2.75) is 50.3 Å². The molecule has 0 saturated carbocycles. The first kappa shape index (κ1) is 22.5. The molecule has 7 nitrogen and oxygen atoms in total. The van der Waals surface area contributed by atoms with E-state index in [0.717, 1.165) is 24.8 Å². The van der Waals surface area contributed by atoms with Gasteiger partial charge in [-0.1, -0.05) is 19.1 Å². The fourth-order valence-corrected chi connectivity index (χ4v) is 5.87. The maximum absolute atomic E-state index is 13.0. The number of nitrogens with one attached hydrogen (secondary N) is 1. The Bertz CT molecular complexity index is 1110. The summed E-state index contributed by atoms with van der Waals surface area (Å²) in [6.45, 7) is 3.05. The van der Waals surface area contributed by atoms with Gasteiger partial charge < -0.3 is 10.2 Å². The molecule has 2 aromatic carbocycles. The minimum absolute atomic E-state index is 0.112. The molecule has 2 heterocycles. The lowest BCUT2D eigenvalue weighted by Crippen LogP contribution is -2.37. The van der Waals surface area contributed by atoms with E-state index in [4.69, 9.17) is 0 Å². The number of hydrogen-bond acceptors (Lipinski definition) is 4. The smallest absolute Gasteiger partial charge is 0.244 e. The van der Waals surface area contributed by atoms with Gasteiger partial charge in [-0.15, -0.1) is 0 Å². The molecule has 0 aliphatic carbocycles. The van der Waals surface area contributed by atoms with E-state index in [2.05, 4.69) is 12.2 Å².